The molecular weight excluding hydrogens is 228 g/mol. The maximum absolute atomic E-state index is 2.31. The zero-order valence-electron chi connectivity index (χ0n) is 12.5. The van der Waals surface area contributed by atoms with E-state index in [2.05, 4.69) is 77.9 Å². The minimum Gasteiger partial charge on any atom is -0.0776 e. The highest BCUT2D eigenvalue weighted by atomic mass is 14.3. The predicted molar refractivity (Wildman–Crippen MR) is 88.1 cm³/mol. The Hall–Kier alpha value is -1.30. The van der Waals surface area contributed by atoms with Crippen LogP contribution in [0.5, 0.6) is 0 Å². The van der Waals surface area contributed by atoms with Crippen LogP contribution in [0, 0.1) is 0 Å². The van der Waals surface area contributed by atoms with Gasteiger partial charge in [0.15, 0.2) is 0 Å². The van der Waals surface area contributed by atoms with Crippen molar-refractivity contribution in [3.63, 3.8) is 0 Å². The molecule has 0 bridgehead atoms. The van der Waals surface area contributed by atoms with E-state index in [1.807, 2.05) is 0 Å². The van der Waals surface area contributed by atoms with Gasteiger partial charge < -0.3 is 0 Å². The van der Waals surface area contributed by atoms with Crippen LogP contribution in [-0.4, -0.2) is 0 Å². The van der Waals surface area contributed by atoms with Crippen LogP contribution in [0.1, 0.15) is 60.1 Å². The second-order valence-electron chi connectivity index (χ2n) is 7.21. The largest absolute Gasteiger partial charge is 0.0776 e. The fraction of sp³-hybridized carbons (Fsp3) is 0.474. The Morgan fingerprint density at radius 3 is 1.16 bits per heavy atom. The third kappa shape index (κ3) is 3.00. The number of hydrogen-bond acceptors (Lipinski definition) is 0. The van der Waals surface area contributed by atoms with Crippen molar-refractivity contribution in [2.45, 2.75) is 59.8 Å². The van der Waals surface area contributed by atoms with E-state index in [4.69, 9.17) is 0 Å². The molecule has 0 heteroatoms. The lowest BCUT2D eigenvalue weighted by atomic mass is 9.78. The molecule has 19 heavy (non-hydrogen) atoms. The minimum absolute atomic E-state index is 0. The quantitative estimate of drug-likeness (QED) is 0.536. The molecule has 2 rings (SSSR count). The van der Waals surface area contributed by atoms with Gasteiger partial charge >= 0.3 is 0 Å². The molecule has 2 aromatic rings. The third-order valence-corrected chi connectivity index (χ3v) is 3.54. The molecule has 2 aromatic carbocycles. The lowest BCUT2D eigenvalue weighted by molar-refractivity contribution is 0.585. The molecule has 0 amide bonds. The summed E-state index contributed by atoms with van der Waals surface area (Å²) in [5.41, 5.74) is 3.25. The molecule has 0 radical (unpaired) electrons. The third-order valence-electron chi connectivity index (χ3n) is 3.54. The van der Waals surface area contributed by atoms with Gasteiger partial charge in [0, 0.05) is 0 Å². The molecule has 0 spiro atoms. The molecule has 0 aliphatic rings. The fourth-order valence-corrected chi connectivity index (χ4v) is 2.61. The zero-order chi connectivity index (χ0) is 13.6. The van der Waals surface area contributed by atoms with Gasteiger partial charge in [-0.25, -0.2) is 0 Å². The van der Waals surface area contributed by atoms with Crippen LogP contribution in [-0.2, 0) is 10.8 Å². The van der Waals surface area contributed by atoms with Gasteiger partial charge in [0.2, 0.25) is 0 Å². The van der Waals surface area contributed by atoms with Gasteiger partial charge in [-0.05, 0) is 32.7 Å². The average molecular weight is 256 g/mol. The first kappa shape index (κ1) is 15.8. The van der Waals surface area contributed by atoms with Crippen LogP contribution in [0.2, 0.25) is 0 Å². The van der Waals surface area contributed by atoms with Crippen LogP contribution in [0.25, 0.3) is 10.8 Å². The molecule has 0 heterocycles. The summed E-state index contributed by atoms with van der Waals surface area (Å²) in [6.07, 6.45) is 0. The smallest absolute Gasteiger partial charge is 0.0126 e. The average Bonchev–Trinajstić information content (AvgIpc) is 2.24. The Bertz CT molecular complexity index is 510. The molecule has 104 valence electrons. The van der Waals surface area contributed by atoms with Crippen LogP contribution in [0.4, 0.5) is 0 Å². The van der Waals surface area contributed by atoms with E-state index < -0.39 is 0 Å². The zero-order valence-corrected chi connectivity index (χ0v) is 12.5. The topological polar surface area (TPSA) is 0 Å². The van der Waals surface area contributed by atoms with Gasteiger partial charge in [0.05, 0.1) is 0 Å². The lowest BCUT2D eigenvalue weighted by Crippen LogP contribution is -2.15. The maximum atomic E-state index is 2.31. The summed E-state index contributed by atoms with van der Waals surface area (Å²) >= 11 is 0. The van der Waals surface area contributed by atoms with Crippen molar-refractivity contribution in [1.29, 1.82) is 0 Å². The van der Waals surface area contributed by atoms with Gasteiger partial charge in [0.1, 0.15) is 0 Å². The first-order chi connectivity index (χ1) is 8.21. The van der Waals surface area contributed by atoms with E-state index in [0.29, 0.717) is 0 Å². The summed E-state index contributed by atoms with van der Waals surface area (Å²) in [6, 6.07) is 13.4. The summed E-state index contributed by atoms with van der Waals surface area (Å²) in [4.78, 5) is 0. The van der Waals surface area contributed by atoms with E-state index in [-0.39, 0.29) is 18.3 Å². The Labute approximate surface area is 118 Å². The van der Waals surface area contributed by atoms with Crippen molar-refractivity contribution in [3.8, 4) is 0 Å². The molecule has 0 fully saturated rings. The molecule has 0 saturated carbocycles. The van der Waals surface area contributed by atoms with Gasteiger partial charge in [0.25, 0.3) is 0 Å². The Kier molecular flexibility index (Phi) is 4.14. The van der Waals surface area contributed by atoms with E-state index in [9.17, 15) is 0 Å². The van der Waals surface area contributed by atoms with Gasteiger partial charge in [-0.1, -0.05) is 85.4 Å². The first-order valence-electron chi connectivity index (χ1n) is 6.74. The van der Waals surface area contributed by atoms with Crippen LogP contribution in [0.15, 0.2) is 36.4 Å². The molecule has 0 aliphatic carbocycles. The Morgan fingerprint density at radius 1 is 0.579 bits per heavy atom. The highest BCUT2D eigenvalue weighted by Crippen LogP contribution is 2.36. The summed E-state index contributed by atoms with van der Waals surface area (Å²) in [5, 5.41) is 2.80. The second-order valence-corrected chi connectivity index (χ2v) is 7.21. The summed E-state index contributed by atoms with van der Waals surface area (Å²) in [7, 11) is 0. The van der Waals surface area contributed by atoms with Gasteiger partial charge in [-0.3, -0.25) is 0 Å². The molecule has 0 unspecified atom stereocenters. The maximum Gasteiger partial charge on any atom is -0.0126 e. The number of fused-ring (bicyclic) bond motifs is 1. The first-order valence-corrected chi connectivity index (χ1v) is 6.74. The Balaban J connectivity index is 0.00000180. The number of benzene rings is 2. The van der Waals surface area contributed by atoms with Gasteiger partial charge in [-0.2, -0.15) is 0 Å². The summed E-state index contributed by atoms with van der Waals surface area (Å²) in [6.45, 7) is 13.7. The highest BCUT2D eigenvalue weighted by molar-refractivity contribution is 5.90. The van der Waals surface area contributed by atoms with Crippen molar-refractivity contribution in [1.82, 2.24) is 0 Å². The summed E-state index contributed by atoms with van der Waals surface area (Å²) < 4.78 is 0. The second kappa shape index (κ2) is 5.00. The van der Waals surface area contributed by atoms with Gasteiger partial charge in [-0.15, -0.1) is 0 Å². The SMILES string of the molecule is C.CC(C)(C)c1ccc(C(C)(C)C)c2ccccc12. The van der Waals surface area contributed by atoms with Crippen molar-refractivity contribution in [2.24, 2.45) is 0 Å². The van der Waals surface area contributed by atoms with Crippen molar-refractivity contribution in [3.05, 3.63) is 47.5 Å². The lowest BCUT2D eigenvalue weighted by Gasteiger charge is -2.26. The minimum atomic E-state index is 0. The van der Waals surface area contributed by atoms with Crippen LogP contribution < -0.4 is 0 Å². The molecular formula is C19H28. The van der Waals surface area contributed by atoms with E-state index >= 15 is 0 Å². The van der Waals surface area contributed by atoms with Crippen LogP contribution >= 0.6 is 0 Å². The number of rotatable bonds is 0. The fourth-order valence-electron chi connectivity index (χ4n) is 2.61. The highest BCUT2D eigenvalue weighted by Gasteiger charge is 2.21. The van der Waals surface area contributed by atoms with E-state index in [0.717, 1.165) is 0 Å². The van der Waals surface area contributed by atoms with E-state index in [1.165, 1.54) is 21.9 Å². The van der Waals surface area contributed by atoms with E-state index in [1.54, 1.807) is 0 Å². The predicted octanol–water partition coefficient (Wildman–Crippen LogP) is 6.07. The van der Waals surface area contributed by atoms with Crippen molar-refractivity contribution >= 4 is 10.8 Å². The molecule has 0 aromatic heterocycles. The normalized spacial score (nSPS) is 12.3. The molecule has 0 N–H and O–H groups in total. The molecule has 0 aliphatic heterocycles. The molecule has 0 saturated heterocycles. The molecule has 0 nitrogen and oxygen atoms in total. The molecule has 0 atom stereocenters. The summed E-state index contributed by atoms with van der Waals surface area (Å²) in [5.74, 6) is 0. The Morgan fingerprint density at radius 2 is 0.895 bits per heavy atom. The standard InChI is InChI=1S/C18H24.CH4/c1-17(2,3)15-11-12-16(18(4,5)6)14-10-8-7-9-13(14)15;/h7-12H,1-6H3;1H4. The number of hydrogen-bond donors (Lipinski definition) is 0. The van der Waals surface area contributed by atoms with Crippen molar-refractivity contribution in [2.75, 3.05) is 0 Å². The van der Waals surface area contributed by atoms with Crippen LogP contribution in [0.3, 0.4) is 0 Å². The van der Waals surface area contributed by atoms with Crippen molar-refractivity contribution < 1.29 is 0 Å². The monoisotopic (exact) mass is 256 g/mol.